The molecule has 4 nitrogen and oxygen atoms in total. The molecule has 2 aromatic heterocycles. The summed E-state index contributed by atoms with van der Waals surface area (Å²) in [6.07, 6.45) is 1.77. The van der Waals surface area contributed by atoms with Gasteiger partial charge in [-0.25, -0.2) is 0 Å². The second-order valence-electron chi connectivity index (χ2n) is 3.10. The topological polar surface area (TPSA) is 46.5 Å². The SMILES string of the molecule is Cc1cc(-c2n[nH]c(=S)n2C)ccn1. The fraction of sp³-hybridized carbons (Fsp3) is 0.222. The minimum absolute atomic E-state index is 0.620. The Morgan fingerprint density at radius 3 is 2.86 bits per heavy atom. The van der Waals surface area contributed by atoms with Gasteiger partial charge in [0.2, 0.25) is 0 Å². The minimum Gasteiger partial charge on any atom is -0.303 e. The molecule has 0 aromatic carbocycles. The van der Waals surface area contributed by atoms with Gasteiger partial charge in [0.1, 0.15) is 0 Å². The summed E-state index contributed by atoms with van der Waals surface area (Å²) in [6, 6.07) is 3.89. The molecular weight excluding hydrogens is 196 g/mol. The highest BCUT2D eigenvalue weighted by molar-refractivity contribution is 7.71. The third-order valence-electron chi connectivity index (χ3n) is 2.03. The molecule has 0 saturated carbocycles. The minimum atomic E-state index is 0.620. The molecule has 0 atom stereocenters. The summed E-state index contributed by atoms with van der Waals surface area (Å²) < 4.78 is 2.46. The van der Waals surface area contributed by atoms with E-state index in [4.69, 9.17) is 12.2 Å². The second kappa shape index (κ2) is 3.34. The molecule has 0 aliphatic rings. The Balaban J connectivity index is 2.60. The first-order chi connectivity index (χ1) is 6.68. The summed E-state index contributed by atoms with van der Waals surface area (Å²) in [6.45, 7) is 1.95. The monoisotopic (exact) mass is 206 g/mol. The molecule has 0 spiro atoms. The molecule has 5 heteroatoms. The number of pyridine rings is 1. The number of rotatable bonds is 1. The van der Waals surface area contributed by atoms with Crippen molar-refractivity contribution >= 4 is 12.2 Å². The summed E-state index contributed by atoms with van der Waals surface area (Å²) >= 11 is 5.04. The van der Waals surface area contributed by atoms with E-state index in [1.165, 1.54) is 0 Å². The van der Waals surface area contributed by atoms with Crippen LogP contribution in [-0.4, -0.2) is 19.7 Å². The number of aryl methyl sites for hydroxylation is 1. The van der Waals surface area contributed by atoms with Crippen LogP contribution in [0.4, 0.5) is 0 Å². The van der Waals surface area contributed by atoms with Crippen molar-refractivity contribution in [1.82, 2.24) is 19.7 Å². The maximum absolute atomic E-state index is 5.04. The molecule has 72 valence electrons. The number of nitrogens with one attached hydrogen (secondary N) is 1. The van der Waals surface area contributed by atoms with Crippen molar-refractivity contribution in [2.45, 2.75) is 6.92 Å². The van der Waals surface area contributed by atoms with Gasteiger partial charge in [-0.3, -0.25) is 10.1 Å². The highest BCUT2D eigenvalue weighted by Crippen LogP contribution is 2.15. The zero-order chi connectivity index (χ0) is 10.1. The molecule has 2 heterocycles. The van der Waals surface area contributed by atoms with Crippen LogP contribution in [0.25, 0.3) is 11.4 Å². The smallest absolute Gasteiger partial charge is 0.195 e. The van der Waals surface area contributed by atoms with E-state index < -0.39 is 0 Å². The van der Waals surface area contributed by atoms with Crippen LogP contribution in [0, 0.1) is 11.7 Å². The maximum Gasteiger partial charge on any atom is 0.195 e. The Labute approximate surface area is 86.6 Å². The molecule has 1 N–H and O–H groups in total. The van der Waals surface area contributed by atoms with Crippen LogP contribution in [-0.2, 0) is 7.05 Å². The molecule has 2 aromatic rings. The van der Waals surface area contributed by atoms with Gasteiger partial charge in [-0.05, 0) is 31.3 Å². The molecule has 14 heavy (non-hydrogen) atoms. The highest BCUT2D eigenvalue weighted by atomic mass is 32.1. The standard InChI is InChI=1S/C9H10N4S/c1-6-5-7(3-4-10-6)8-11-12-9(14)13(8)2/h3-5H,1-2H3,(H,12,14). The molecule has 0 unspecified atom stereocenters. The summed E-state index contributed by atoms with van der Waals surface area (Å²) in [5.74, 6) is 0.834. The Bertz CT molecular complexity index is 512. The van der Waals surface area contributed by atoms with Crippen LogP contribution in [0.5, 0.6) is 0 Å². The van der Waals surface area contributed by atoms with Crippen molar-refractivity contribution in [1.29, 1.82) is 0 Å². The number of hydrogen-bond donors (Lipinski definition) is 1. The predicted molar refractivity (Wildman–Crippen MR) is 56.4 cm³/mol. The van der Waals surface area contributed by atoms with Crippen molar-refractivity contribution in [2.75, 3.05) is 0 Å². The highest BCUT2D eigenvalue weighted by Gasteiger charge is 2.04. The van der Waals surface area contributed by atoms with Crippen LogP contribution < -0.4 is 0 Å². The third-order valence-corrected chi connectivity index (χ3v) is 2.40. The van der Waals surface area contributed by atoms with E-state index in [0.29, 0.717) is 4.77 Å². The molecule has 0 aliphatic heterocycles. The fourth-order valence-corrected chi connectivity index (χ4v) is 1.42. The lowest BCUT2D eigenvalue weighted by Gasteiger charge is -2.00. The summed E-state index contributed by atoms with van der Waals surface area (Å²) in [5.41, 5.74) is 1.99. The van der Waals surface area contributed by atoms with Gasteiger partial charge in [-0.1, -0.05) is 0 Å². The van der Waals surface area contributed by atoms with Crippen LogP contribution >= 0.6 is 12.2 Å². The first-order valence-corrected chi connectivity index (χ1v) is 4.64. The number of H-pyrrole nitrogens is 1. The van der Waals surface area contributed by atoms with E-state index >= 15 is 0 Å². The van der Waals surface area contributed by atoms with E-state index in [1.54, 1.807) is 6.20 Å². The van der Waals surface area contributed by atoms with Crippen LogP contribution in [0.2, 0.25) is 0 Å². The van der Waals surface area contributed by atoms with E-state index in [2.05, 4.69) is 15.2 Å². The first-order valence-electron chi connectivity index (χ1n) is 4.23. The lowest BCUT2D eigenvalue weighted by atomic mass is 10.2. The molecule has 2 rings (SSSR count). The Morgan fingerprint density at radius 2 is 2.29 bits per heavy atom. The lowest BCUT2D eigenvalue weighted by Crippen LogP contribution is -1.93. The van der Waals surface area contributed by atoms with Crippen LogP contribution in [0.1, 0.15) is 5.69 Å². The average Bonchev–Trinajstić information content (AvgIpc) is 2.48. The van der Waals surface area contributed by atoms with Gasteiger partial charge in [0.15, 0.2) is 10.6 Å². The largest absolute Gasteiger partial charge is 0.303 e. The normalized spacial score (nSPS) is 10.4. The molecule has 0 fully saturated rings. The van der Waals surface area contributed by atoms with Gasteiger partial charge in [0.05, 0.1) is 0 Å². The van der Waals surface area contributed by atoms with E-state index in [9.17, 15) is 0 Å². The van der Waals surface area contributed by atoms with Gasteiger partial charge in [-0.2, -0.15) is 5.10 Å². The number of aromatic nitrogens is 4. The number of nitrogens with zero attached hydrogens (tertiary/aromatic N) is 3. The molecule has 0 bridgehead atoms. The van der Waals surface area contributed by atoms with Gasteiger partial charge < -0.3 is 4.57 Å². The van der Waals surface area contributed by atoms with Crippen molar-refractivity contribution in [2.24, 2.45) is 7.05 Å². The van der Waals surface area contributed by atoms with Crippen LogP contribution in [0.15, 0.2) is 18.3 Å². The maximum atomic E-state index is 5.04. The molecule has 0 aliphatic carbocycles. The average molecular weight is 206 g/mol. The van der Waals surface area contributed by atoms with Crippen molar-refractivity contribution in [3.63, 3.8) is 0 Å². The third kappa shape index (κ3) is 1.46. The number of hydrogen-bond acceptors (Lipinski definition) is 3. The Hall–Kier alpha value is -1.49. The first kappa shape index (κ1) is 9.08. The summed E-state index contributed by atoms with van der Waals surface area (Å²) in [7, 11) is 1.89. The van der Waals surface area contributed by atoms with Crippen molar-refractivity contribution in [3.8, 4) is 11.4 Å². The zero-order valence-electron chi connectivity index (χ0n) is 7.98. The van der Waals surface area contributed by atoms with Gasteiger partial charge in [0.25, 0.3) is 0 Å². The van der Waals surface area contributed by atoms with E-state index in [1.807, 2.05) is 30.7 Å². The van der Waals surface area contributed by atoms with Crippen LogP contribution in [0.3, 0.4) is 0 Å². The Morgan fingerprint density at radius 1 is 1.50 bits per heavy atom. The zero-order valence-corrected chi connectivity index (χ0v) is 8.80. The molecule has 0 radical (unpaired) electrons. The van der Waals surface area contributed by atoms with E-state index in [-0.39, 0.29) is 0 Å². The predicted octanol–water partition coefficient (Wildman–Crippen LogP) is 1.85. The lowest BCUT2D eigenvalue weighted by molar-refractivity contribution is 0.901. The number of aromatic amines is 1. The van der Waals surface area contributed by atoms with E-state index in [0.717, 1.165) is 17.1 Å². The summed E-state index contributed by atoms with van der Waals surface area (Å²) in [5, 5.41) is 6.89. The fourth-order valence-electron chi connectivity index (χ4n) is 1.29. The summed E-state index contributed by atoms with van der Waals surface area (Å²) in [4.78, 5) is 4.13. The Kier molecular flexibility index (Phi) is 2.17. The van der Waals surface area contributed by atoms with Gasteiger partial charge >= 0.3 is 0 Å². The second-order valence-corrected chi connectivity index (χ2v) is 3.48. The molecule has 0 saturated heterocycles. The van der Waals surface area contributed by atoms with Gasteiger partial charge in [0, 0.05) is 24.5 Å². The van der Waals surface area contributed by atoms with Crippen molar-refractivity contribution in [3.05, 3.63) is 28.8 Å². The van der Waals surface area contributed by atoms with Gasteiger partial charge in [-0.15, -0.1) is 0 Å². The van der Waals surface area contributed by atoms with Crippen molar-refractivity contribution < 1.29 is 0 Å². The molecule has 0 amide bonds. The quantitative estimate of drug-likeness (QED) is 0.724. The molecular formula is C9H10N4S.